The summed E-state index contributed by atoms with van der Waals surface area (Å²) in [4.78, 5) is 100. The zero-order valence-electron chi connectivity index (χ0n) is 61.5. The molecule has 0 radical (unpaired) electrons. The minimum atomic E-state index is -0.408. The molecule has 0 spiro atoms. The van der Waals surface area contributed by atoms with Gasteiger partial charge in [0.1, 0.15) is 18.2 Å². The average Bonchev–Trinajstić information content (AvgIpc) is 1.81. The van der Waals surface area contributed by atoms with Crippen LogP contribution < -0.4 is 9.80 Å². The van der Waals surface area contributed by atoms with E-state index in [1.165, 1.54) is 44.1 Å². The van der Waals surface area contributed by atoms with Crippen molar-refractivity contribution in [1.29, 1.82) is 0 Å². The maximum atomic E-state index is 12.5. The molecular weight excluding hydrogens is 1160 g/mol. The van der Waals surface area contributed by atoms with Crippen LogP contribution in [0.5, 0.6) is 0 Å². The Morgan fingerprint density at radius 1 is 0.452 bits per heavy atom. The fourth-order valence-corrected chi connectivity index (χ4v) is 13.0. The highest BCUT2D eigenvalue weighted by Crippen LogP contribution is 2.33. The number of ketones is 6. The number of Topliss-reactive ketones (excluding diaryl/α,β-unsaturated/α-hetero) is 6. The molecule has 2 bridgehead atoms. The van der Waals surface area contributed by atoms with Gasteiger partial charge < -0.3 is 24.3 Å². The summed E-state index contributed by atoms with van der Waals surface area (Å²) in [5.41, 5.74) is 1.53. The molecule has 5 saturated heterocycles. The molecule has 7 heterocycles. The Hall–Kier alpha value is -5.10. The molecule has 5 fully saturated rings. The van der Waals surface area contributed by atoms with E-state index in [-0.39, 0.29) is 56.8 Å². The van der Waals surface area contributed by atoms with E-state index in [1.54, 1.807) is 12.4 Å². The Labute approximate surface area is 562 Å². The Balaban J connectivity index is 0.000000221. The SMILES string of the molecule is CC(C)(C)C(=O)CN1C2CCC1CN(CCCCc1ccc(C(=O)C(C)(C)C)cc1)C2.CC(C)(C)C(=O)CN1CCN(CCC2CCN(c3ccc(C(=O)C(C)(C)C)cn3)C2)CC1.C[C@@H]1CN(CCOCC(=O)C(C)(C)C)C[C@H](C)N1c1ccc(C(=O)C(C)(C)C)cn1. The molecule has 2 aromatic heterocycles. The Morgan fingerprint density at radius 2 is 0.914 bits per heavy atom. The van der Waals surface area contributed by atoms with Gasteiger partial charge in [-0.15, -0.1) is 0 Å². The molecule has 16 heteroatoms. The maximum Gasteiger partial charge on any atom is 0.169 e. The number of aromatic nitrogens is 2. The van der Waals surface area contributed by atoms with Crippen LogP contribution in [0.4, 0.5) is 11.6 Å². The van der Waals surface area contributed by atoms with Crippen LogP contribution >= 0.6 is 0 Å². The number of unbranched alkanes of at least 4 members (excludes halogenated alkanes) is 1. The van der Waals surface area contributed by atoms with Gasteiger partial charge in [0.15, 0.2) is 34.7 Å². The third-order valence-electron chi connectivity index (χ3n) is 19.4. The third-order valence-corrected chi connectivity index (χ3v) is 19.4. The Kier molecular flexibility index (Phi) is 27.1. The number of likely N-dealkylation sites (tertiary alicyclic amines) is 1. The molecule has 16 nitrogen and oxygen atoms in total. The summed E-state index contributed by atoms with van der Waals surface area (Å²) in [6.45, 7) is 55.0. The largest absolute Gasteiger partial charge is 0.372 e. The highest BCUT2D eigenvalue weighted by Gasteiger charge is 2.42. The van der Waals surface area contributed by atoms with Crippen molar-refractivity contribution in [3.63, 3.8) is 0 Å². The predicted molar refractivity (Wildman–Crippen MR) is 379 cm³/mol. The minimum absolute atomic E-state index is 0.109. The number of hydrogen-bond donors (Lipinski definition) is 0. The molecule has 5 atom stereocenters. The molecule has 0 saturated carbocycles. The van der Waals surface area contributed by atoms with Gasteiger partial charge in [0.05, 0.1) is 19.7 Å². The van der Waals surface area contributed by atoms with Crippen molar-refractivity contribution in [3.05, 3.63) is 83.2 Å². The first-order chi connectivity index (χ1) is 43.2. The van der Waals surface area contributed by atoms with Gasteiger partial charge >= 0.3 is 0 Å². The summed E-state index contributed by atoms with van der Waals surface area (Å²) in [6.07, 6.45) is 11.7. The number of pyridine rings is 2. The highest BCUT2D eigenvalue weighted by molar-refractivity contribution is 6.01. The van der Waals surface area contributed by atoms with Crippen molar-refractivity contribution in [3.8, 4) is 0 Å². The van der Waals surface area contributed by atoms with Crippen molar-refractivity contribution < 1.29 is 33.5 Å². The summed E-state index contributed by atoms with van der Waals surface area (Å²) in [5, 5.41) is 0. The first-order valence-electron chi connectivity index (χ1n) is 35.2. The molecule has 0 amide bonds. The summed E-state index contributed by atoms with van der Waals surface area (Å²) < 4.78 is 5.62. The van der Waals surface area contributed by atoms with Crippen LogP contribution in [0.2, 0.25) is 0 Å². The topological polar surface area (TPSA) is 160 Å². The zero-order valence-corrected chi connectivity index (χ0v) is 61.5. The van der Waals surface area contributed by atoms with Crippen LogP contribution in [-0.4, -0.2) is 205 Å². The van der Waals surface area contributed by atoms with E-state index in [0.717, 1.165) is 109 Å². The van der Waals surface area contributed by atoms with Gasteiger partial charge in [0.25, 0.3) is 0 Å². The predicted octanol–water partition coefficient (Wildman–Crippen LogP) is 12.6. The van der Waals surface area contributed by atoms with E-state index in [0.29, 0.717) is 72.5 Å². The lowest BCUT2D eigenvalue weighted by Gasteiger charge is -2.45. The number of anilines is 2. The van der Waals surface area contributed by atoms with E-state index in [1.807, 2.05) is 161 Å². The van der Waals surface area contributed by atoms with Gasteiger partial charge in [-0.1, -0.05) is 149 Å². The Morgan fingerprint density at radius 3 is 1.40 bits per heavy atom. The van der Waals surface area contributed by atoms with Gasteiger partial charge in [-0.25, -0.2) is 9.97 Å². The molecular formula is C77H123N9O7. The summed E-state index contributed by atoms with van der Waals surface area (Å²) in [6, 6.07) is 17.7. The molecule has 3 aromatic rings. The normalized spacial score (nSPS) is 21.6. The first-order valence-corrected chi connectivity index (χ1v) is 35.2. The summed E-state index contributed by atoms with van der Waals surface area (Å²) in [7, 11) is 0. The fourth-order valence-electron chi connectivity index (χ4n) is 13.0. The molecule has 1 aromatic carbocycles. The smallest absolute Gasteiger partial charge is 0.169 e. The van der Waals surface area contributed by atoms with Gasteiger partial charge in [-0.05, 0) is 108 Å². The van der Waals surface area contributed by atoms with Crippen LogP contribution in [0.25, 0.3) is 0 Å². The van der Waals surface area contributed by atoms with Crippen molar-refractivity contribution in [2.75, 3.05) is 121 Å². The van der Waals surface area contributed by atoms with Gasteiger partial charge in [-0.3, -0.25) is 43.5 Å². The second kappa shape index (κ2) is 32.8. The molecule has 5 aliphatic rings. The number of nitrogens with zero attached hydrogens (tertiary/aromatic N) is 9. The molecule has 3 unspecified atom stereocenters. The number of aryl methyl sites for hydroxylation is 1. The number of piperazine rings is 3. The summed E-state index contributed by atoms with van der Waals surface area (Å²) >= 11 is 0. The number of fused-ring (bicyclic) bond motifs is 2. The maximum absolute atomic E-state index is 12.5. The third kappa shape index (κ3) is 23.3. The van der Waals surface area contributed by atoms with Crippen LogP contribution in [0.3, 0.4) is 0 Å². The van der Waals surface area contributed by atoms with E-state index >= 15 is 0 Å². The summed E-state index contributed by atoms with van der Waals surface area (Å²) in [5.74, 6) is 3.87. The molecule has 8 rings (SSSR count). The quantitative estimate of drug-likeness (QED) is 0.0690. The fraction of sp³-hybridized carbons (Fsp3) is 0.714. The molecule has 5 aliphatic heterocycles. The van der Waals surface area contributed by atoms with Crippen molar-refractivity contribution in [1.82, 2.24) is 34.5 Å². The lowest BCUT2D eigenvalue weighted by atomic mass is 9.86. The minimum Gasteiger partial charge on any atom is -0.372 e. The van der Waals surface area contributed by atoms with Gasteiger partial charge in [0.2, 0.25) is 0 Å². The number of benzene rings is 1. The van der Waals surface area contributed by atoms with E-state index in [4.69, 9.17) is 4.74 Å². The lowest BCUT2D eigenvalue weighted by Crippen LogP contribution is -2.57. The molecule has 518 valence electrons. The second-order valence-electron chi connectivity index (χ2n) is 34.0. The van der Waals surface area contributed by atoms with E-state index in [2.05, 4.69) is 70.2 Å². The molecule has 0 N–H and O–H groups in total. The van der Waals surface area contributed by atoms with E-state index < -0.39 is 5.41 Å². The Bertz CT molecular complexity index is 2890. The van der Waals surface area contributed by atoms with E-state index in [9.17, 15) is 28.8 Å². The van der Waals surface area contributed by atoms with Crippen LogP contribution in [0.1, 0.15) is 214 Å². The standard InChI is InChI=1S/C27H42N2O2.C26H42N4O2.C24H39N3O3/c1-26(2,3)24(30)19-29-22-14-15-23(29)18-28(17-22)16-8-7-9-20-10-12-21(13-11-20)25(31)27(4,5)6;1-25(2,3)22(31)19-29-15-13-28(14-16-29)11-9-20-10-12-30(18-20)23-8-7-21(17-27-23)24(32)26(4,5)6;1-17-14-26(11-12-30-16-20(28)23(3,4)5)15-18(2)27(17)21-10-9-19(13-25-21)22(29)24(6,7)8/h10-13,22-23H,7-9,14-19H2,1-6H3;7-8,17,20H,9-16,18-19H2,1-6H3;9-10,13,17-18H,11-12,14-16H2,1-8H3/t;;17-,18+. The van der Waals surface area contributed by atoms with Crippen molar-refractivity contribution >= 4 is 46.3 Å². The van der Waals surface area contributed by atoms with Crippen molar-refractivity contribution in [2.24, 2.45) is 38.4 Å². The first kappa shape index (κ1) is 76.9. The van der Waals surface area contributed by atoms with Crippen LogP contribution in [0.15, 0.2) is 60.9 Å². The number of carbonyl (C=O) groups is 6. The zero-order chi connectivity index (χ0) is 69.0. The number of rotatable bonds is 22. The second-order valence-corrected chi connectivity index (χ2v) is 34.0. The number of hydrogen-bond acceptors (Lipinski definition) is 16. The van der Waals surface area contributed by atoms with Gasteiger partial charge in [0, 0.05) is 158 Å². The number of ether oxygens (including phenoxy) is 1. The number of carbonyl (C=O) groups excluding carboxylic acids is 6. The average molecular weight is 1290 g/mol. The van der Waals surface area contributed by atoms with Gasteiger partial charge in [-0.2, -0.15) is 0 Å². The van der Waals surface area contributed by atoms with Crippen molar-refractivity contribution in [2.45, 2.75) is 208 Å². The van der Waals surface area contributed by atoms with Crippen LogP contribution in [0, 0.1) is 38.4 Å². The molecule has 0 aliphatic carbocycles. The highest BCUT2D eigenvalue weighted by atomic mass is 16.5. The lowest BCUT2D eigenvalue weighted by molar-refractivity contribution is -0.131. The molecule has 93 heavy (non-hydrogen) atoms. The monoisotopic (exact) mass is 1290 g/mol. The van der Waals surface area contributed by atoms with Crippen LogP contribution in [-0.2, 0) is 25.5 Å².